The Bertz CT molecular complexity index is 657. The Morgan fingerprint density at radius 1 is 1.26 bits per heavy atom. The van der Waals surface area contributed by atoms with Crippen LogP contribution in [0.2, 0.25) is 0 Å². The van der Waals surface area contributed by atoms with E-state index < -0.39 is 5.97 Å². The summed E-state index contributed by atoms with van der Waals surface area (Å²) in [6.07, 6.45) is 2.46. The molecule has 19 heavy (non-hydrogen) atoms. The van der Waals surface area contributed by atoms with Crippen LogP contribution in [0.1, 0.15) is 11.3 Å². The van der Waals surface area contributed by atoms with Crippen molar-refractivity contribution in [1.29, 1.82) is 0 Å². The lowest BCUT2D eigenvalue weighted by atomic mass is 10.1. The summed E-state index contributed by atoms with van der Waals surface area (Å²) in [7, 11) is 0. The molecule has 0 bridgehead atoms. The molecule has 0 aliphatic carbocycles. The molecule has 3 nitrogen and oxygen atoms in total. The van der Waals surface area contributed by atoms with Gasteiger partial charge in [-0.15, -0.1) is 0 Å². The average Bonchev–Trinajstić information content (AvgIpc) is 2.72. The van der Waals surface area contributed by atoms with Gasteiger partial charge in [0.2, 0.25) is 0 Å². The number of rotatable bonds is 3. The van der Waals surface area contributed by atoms with Gasteiger partial charge in [-0.2, -0.15) is 0 Å². The summed E-state index contributed by atoms with van der Waals surface area (Å²) in [6, 6.07) is 7.63. The van der Waals surface area contributed by atoms with Crippen LogP contribution in [0, 0.1) is 6.92 Å². The van der Waals surface area contributed by atoms with E-state index in [1.165, 1.54) is 6.08 Å². The zero-order chi connectivity index (χ0) is 14.0. The first kappa shape index (κ1) is 14.1. The molecule has 0 saturated carbocycles. The van der Waals surface area contributed by atoms with Crippen LogP contribution in [0.15, 0.2) is 43.7 Å². The van der Waals surface area contributed by atoms with Crippen LogP contribution in [0.5, 0.6) is 0 Å². The van der Waals surface area contributed by atoms with Crippen molar-refractivity contribution in [3.8, 4) is 11.3 Å². The van der Waals surface area contributed by atoms with E-state index in [0.717, 1.165) is 26.1 Å². The predicted octanol–water partition coefficient (Wildman–Crippen LogP) is 4.88. The highest BCUT2D eigenvalue weighted by Gasteiger charge is 2.11. The Labute approximate surface area is 127 Å². The van der Waals surface area contributed by atoms with Crippen molar-refractivity contribution < 1.29 is 14.3 Å². The lowest BCUT2D eigenvalue weighted by Gasteiger charge is -2.02. The van der Waals surface area contributed by atoms with Gasteiger partial charge in [0.05, 0.1) is 4.47 Å². The zero-order valence-corrected chi connectivity index (χ0v) is 13.2. The SMILES string of the molecule is Cc1cc(-c2oc(/C=C/C(=O)O)cc2Br)ccc1Br. The van der Waals surface area contributed by atoms with Crippen LogP contribution < -0.4 is 0 Å². The minimum absolute atomic E-state index is 0.491. The number of halogens is 2. The number of aryl methyl sites for hydroxylation is 1. The second kappa shape index (κ2) is 5.75. The maximum absolute atomic E-state index is 10.5. The highest BCUT2D eigenvalue weighted by molar-refractivity contribution is 9.10. The van der Waals surface area contributed by atoms with Gasteiger partial charge < -0.3 is 9.52 Å². The van der Waals surface area contributed by atoms with Gasteiger partial charge in [0.15, 0.2) is 0 Å². The molecule has 0 spiro atoms. The number of carboxylic acid groups (broad SMARTS) is 1. The number of aliphatic carboxylic acids is 1. The fourth-order valence-corrected chi connectivity index (χ4v) is 2.39. The molecule has 0 saturated heterocycles. The van der Waals surface area contributed by atoms with E-state index in [9.17, 15) is 4.79 Å². The maximum atomic E-state index is 10.5. The van der Waals surface area contributed by atoms with Crippen LogP contribution in [0.4, 0.5) is 0 Å². The lowest BCUT2D eigenvalue weighted by Crippen LogP contribution is -1.84. The summed E-state index contributed by atoms with van der Waals surface area (Å²) in [4.78, 5) is 10.5. The molecule has 0 amide bonds. The molecule has 0 aliphatic rings. The van der Waals surface area contributed by atoms with Gasteiger partial charge in [-0.05, 0) is 52.7 Å². The lowest BCUT2D eigenvalue weighted by molar-refractivity contribution is -0.131. The monoisotopic (exact) mass is 384 g/mol. The summed E-state index contributed by atoms with van der Waals surface area (Å²) < 4.78 is 7.46. The average molecular weight is 386 g/mol. The second-order valence-corrected chi connectivity index (χ2v) is 5.67. The number of hydrogen-bond donors (Lipinski definition) is 1. The van der Waals surface area contributed by atoms with Crippen LogP contribution in [-0.2, 0) is 4.79 Å². The quantitative estimate of drug-likeness (QED) is 0.766. The third-order valence-corrected chi connectivity index (χ3v) is 3.99. The standard InChI is InChI=1S/C14H10Br2O3/c1-8-6-9(2-4-11(8)15)14-12(16)7-10(19-14)3-5-13(17)18/h2-7H,1H3,(H,17,18)/b5-3+. The molecule has 2 rings (SSSR count). The van der Waals surface area contributed by atoms with Crippen molar-refractivity contribution >= 4 is 43.9 Å². The Balaban J connectivity index is 2.40. The molecule has 2 aromatic rings. The largest absolute Gasteiger partial charge is 0.478 e. The molecular weight excluding hydrogens is 376 g/mol. The predicted molar refractivity (Wildman–Crippen MR) is 81.0 cm³/mol. The molecule has 1 N–H and O–H groups in total. The van der Waals surface area contributed by atoms with Gasteiger partial charge in [0.25, 0.3) is 0 Å². The van der Waals surface area contributed by atoms with E-state index in [0.29, 0.717) is 11.5 Å². The van der Waals surface area contributed by atoms with Crippen molar-refractivity contribution in [3.63, 3.8) is 0 Å². The second-order valence-electron chi connectivity index (χ2n) is 3.96. The van der Waals surface area contributed by atoms with Crippen molar-refractivity contribution in [2.24, 2.45) is 0 Å². The van der Waals surface area contributed by atoms with E-state index in [1.54, 1.807) is 6.07 Å². The van der Waals surface area contributed by atoms with Crippen LogP contribution in [-0.4, -0.2) is 11.1 Å². The van der Waals surface area contributed by atoms with E-state index in [2.05, 4.69) is 31.9 Å². The van der Waals surface area contributed by atoms with Crippen molar-refractivity contribution in [2.45, 2.75) is 6.92 Å². The maximum Gasteiger partial charge on any atom is 0.328 e. The van der Waals surface area contributed by atoms with E-state index >= 15 is 0 Å². The summed E-state index contributed by atoms with van der Waals surface area (Å²) >= 11 is 6.86. The normalized spacial score (nSPS) is 11.1. The van der Waals surface area contributed by atoms with Crippen molar-refractivity contribution in [1.82, 2.24) is 0 Å². The number of furan rings is 1. The Morgan fingerprint density at radius 2 is 2.00 bits per heavy atom. The van der Waals surface area contributed by atoms with Gasteiger partial charge in [-0.1, -0.05) is 22.0 Å². The highest BCUT2D eigenvalue weighted by Crippen LogP contribution is 2.33. The molecule has 1 aromatic carbocycles. The first-order chi connectivity index (χ1) is 8.97. The smallest absolute Gasteiger partial charge is 0.328 e. The molecule has 5 heteroatoms. The molecular formula is C14H10Br2O3. The highest BCUT2D eigenvalue weighted by atomic mass is 79.9. The third kappa shape index (κ3) is 3.36. The summed E-state index contributed by atoms with van der Waals surface area (Å²) in [5.74, 6) is 0.166. The van der Waals surface area contributed by atoms with Gasteiger partial charge >= 0.3 is 5.97 Å². The Morgan fingerprint density at radius 3 is 2.63 bits per heavy atom. The van der Waals surface area contributed by atoms with Crippen molar-refractivity contribution in [3.05, 3.63) is 50.6 Å². The molecule has 0 radical (unpaired) electrons. The van der Waals surface area contributed by atoms with Crippen molar-refractivity contribution in [2.75, 3.05) is 0 Å². The van der Waals surface area contributed by atoms with Gasteiger partial charge in [0, 0.05) is 16.1 Å². The van der Waals surface area contributed by atoms with Gasteiger partial charge in [0.1, 0.15) is 11.5 Å². The minimum atomic E-state index is -1.01. The van der Waals surface area contributed by atoms with E-state index in [4.69, 9.17) is 9.52 Å². The zero-order valence-electron chi connectivity index (χ0n) is 9.98. The Kier molecular flexibility index (Phi) is 4.27. The summed E-state index contributed by atoms with van der Waals surface area (Å²) in [6.45, 7) is 2.00. The number of carbonyl (C=O) groups is 1. The minimum Gasteiger partial charge on any atom is -0.478 e. The molecule has 0 unspecified atom stereocenters. The number of hydrogen-bond acceptors (Lipinski definition) is 2. The fourth-order valence-electron chi connectivity index (χ4n) is 1.60. The number of carboxylic acids is 1. The molecule has 98 valence electrons. The molecule has 1 heterocycles. The Hall–Kier alpha value is -1.33. The molecule has 0 aliphatic heterocycles. The third-order valence-electron chi connectivity index (χ3n) is 2.52. The van der Waals surface area contributed by atoms with E-state index in [-0.39, 0.29) is 0 Å². The summed E-state index contributed by atoms with van der Waals surface area (Å²) in [5, 5.41) is 8.59. The molecule has 0 atom stereocenters. The summed E-state index contributed by atoms with van der Waals surface area (Å²) in [5.41, 5.74) is 2.03. The first-order valence-electron chi connectivity index (χ1n) is 5.44. The first-order valence-corrected chi connectivity index (χ1v) is 7.03. The topological polar surface area (TPSA) is 50.4 Å². The van der Waals surface area contributed by atoms with E-state index in [1.807, 2.05) is 25.1 Å². The van der Waals surface area contributed by atoms with Crippen LogP contribution in [0.25, 0.3) is 17.4 Å². The number of benzene rings is 1. The van der Waals surface area contributed by atoms with Crippen LogP contribution in [0.3, 0.4) is 0 Å². The van der Waals surface area contributed by atoms with Gasteiger partial charge in [-0.25, -0.2) is 4.79 Å². The molecule has 1 aromatic heterocycles. The molecule has 0 fully saturated rings. The fraction of sp³-hybridized carbons (Fsp3) is 0.0714. The van der Waals surface area contributed by atoms with Gasteiger partial charge in [-0.3, -0.25) is 0 Å². The van der Waals surface area contributed by atoms with Crippen LogP contribution >= 0.6 is 31.9 Å².